The van der Waals surface area contributed by atoms with E-state index in [4.69, 9.17) is 5.73 Å². The Kier molecular flexibility index (Phi) is 3.15. The molecule has 16 heavy (non-hydrogen) atoms. The smallest absolute Gasteiger partial charge is 0.0512 e. The highest BCUT2D eigenvalue weighted by Gasteiger charge is 2.26. The molecule has 1 aromatic rings. The van der Waals surface area contributed by atoms with Crippen LogP contribution in [0.4, 0.5) is 11.4 Å². The summed E-state index contributed by atoms with van der Waals surface area (Å²) in [6.45, 7) is 6.97. The molecule has 0 atom stereocenters. The van der Waals surface area contributed by atoms with Crippen molar-refractivity contribution in [1.29, 1.82) is 0 Å². The van der Waals surface area contributed by atoms with Gasteiger partial charge < -0.3 is 10.6 Å². The number of nitrogen functional groups attached to an aromatic ring is 1. The second kappa shape index (κ2) is 4.28. The molecule has 2 nitrogen and oxygen atoms in total. The Bertz CT molecular complexity index is 378. The molecule has 0 aromatic heterocycles. The average Bonchev–Trinajstić information content (AvgIpc) is 2.19. The summed E-state index contributed by atoms with van der Waals surface area (Å²) in [5.41, 5.74) is 8.33. The molecule has 0 unspecified atom stereocenters. The van der Waals surface area contributed by atoms with Crippen molar-refractivity contribution in [3.8, 4) is 0 Å². The van der Waals surface area contributed by atoms with Crippen molar-refractivity contribution in [1.82, 2.24) is 0 Å². The highest BCUT2D eigenvalue weighted by molar-refractivity contribution is 9.10. The fraction of sp³-hybridized carbons (Fsp3) is 0.538. The number of anilines is 2. The molecule has 1 aromatic carbocycles. The van der Waals surface area contributed by atoms with Crippen LogP contribution in [-0.4, -0.2) is 13.1 Å². The van der Waals surface area contributed by atoms with Gasteiger partial charge in [-0.1, -0.05) is 13.8 Å². The zero-order chi connectivity index (χ0) is 11.8. The lowest BCUT2D eigenvalue weighted by atomic mass is 9.82. The quantitative estimate of drug-likeness (QED) is 0.797. The van der Waals surface area contributed by atoms with Crippen molar-refractivity contribution in [2.75, 3.05) is 23.7 Å². The summed E-state index contributed by atoms with van der Waals surface area (Å²) >= 11 is 3.59. The monoisotopic (exact) mass is 282 g/mol. The van der Waals surface area contributed by atoms with Crippen molar-refractivity contribution >= 4 is 27.3 Å². The van der Waals surface area contributed by atoms with Gasteiger partial charge in [0.1, 0.15) is 0 Å². The van der Waals surface area contributed by atoms with Crippen molar-refractivity contribution in [3.63, 3.8) is 0 Å². The standard InChI is InChI=1S/C13H19BrN2/c1-13(2)5-7-16(8-6-13)12-4-3-10(15)9-11(12)14/h3-4,9H,5-8,15H2,1-2H3. The SMILES string of the molecule is CC1(C)CCN(c2ccc(N)cc2Br)CC1. The van der Waals surface area contributed by atoms with Gasteiger partial charge in [0, 0.05) is 23.2 Å². The normalized spacial score (nSPS) is 19.8. The summed E-state index contributed by atoms with van der Waals surface area (Å²) in [6, 6.07) is 6.06. The predicted molar refractivity (Wildman–Crippen MR) is 73.8 cm³/mol. The lowest BCUT2D eigenvalue weighted by molar-refractivity contribution is 0.279. The molecule has 2 rings (SSSR count). The van der Waals surface area contributed by atoms with E-state index in [9.17, 15) is 0 Å². The molecule has 0 spiro atoms. The number of nitrogens with zero attached hydrogens (tertiary/aromatic N) is 1. The van der Waals surface area contributed by atoms with E-state index in [-0.39, 0.29) is 0 Å². The summed E-state index contributed by atoms with van der Waals surface area (Å²) in [6.07, 6.45) is 2.51. The maximum absolute atomic E-state index is 5.75. The van der Waals surface area contributed by atoms with Crippen molar-refractivity contribution < 1.29 is 0 Å². The minimum Gasteiger partial charge on any atom is -0.399 e. The van der Waals surface area contributed by atoms with Gasteiger partial charge in [0.2, 0.25) is 0 Å². The summed E-state index contributed by atoms with van der Waals surface area (Å²) in [5.74, 6) is 0. The largest absolute Gasteiger partial charge is 0.399 e. The molecule has 3 heteroatoms. The molecule has 88 valence electrons. The molecule has 1 aliphatic rings. The number of halogens is 1. The second-order valence-electron chi connectivity index (χ2n) is 5.36. The van der Waals surface area contributed by atoms with Gasteiger partial charge in [0.15, 0.2) is 0 Å². The molecule has 1 aliphatic heterocycles. The molecule has 0 saturated carbocycles. The maximum atomic E-state index is 5.75. The minimum absolute atomic E-state index is 0.497. The van der Waals surface area contributed by atoms with Crippen LogP contribution in [0.2, 0.25) is 0 Å². The number of rotatable bonds is 1. The van der Waals surface area contributed by atoms with E-state index in [0.717, 1.165) is 23.2 Å². The third-order valence-electron chi connectivity index (χ3n) is 3.43. The van der Waals surface area contributed by atoms with Crippen LogP contribution in [0.3, 0.4) is 0 Å². The van der Waals surface area contributed by atoms with Crippen molar-refractivity contribution in [2.24, 2.45) is 5.41 Å². The zero-order valence-corrected chi connectivity index (χ0v) is 11.5. The second-order valence-corrected chi connectivity index (χ2v) is 6.22. The molecule has 1 heterocycles. The first-order valence-corrected chi connectivity index (χ1v) is 6.57. The van der Waals surface area contributed by atoms with Crippen LogP contribution in [0.1, 0.15) is 26.7 Å². The van der Waals surface area contributed by atoms with Crippen LogP contribution in [0.5, 0.6) is 0 Å². The number of hydrogen-bond donors (Lipinski definition) is 1. The number of piperidine rings is 1. The summed E-state index contributed by atoms with van der Waals surface area (Å²) in [7, 11) is 0. The summed E-state index contributed by atoms with van der Waals surface area (Å²) in [5, 5.41) is 0. The Balaban J connectivity index is 2.14. The van der Waals surface area contributed by atoms with Crippen molar-refractivity contribution in [2.45, 2.75) is 26.7 Å². The predicted octanol–water partition coefficient (Wildman–Crippen LogP) is 3.66. The van der Waals surface area contributed by atoms with E-state index in [1.807, 2.05) is 12.1 Å². The first kappa shape index (κ1) is 11.8. The van der Waals surface area contributed by atoms with Gasteiger partial charge in [-0.3, -0.25) is 0 Å². The van der Waals surface area contributed by atoms with Gasteiger partial charge in [-0.05, 0) is 52.4 Å². The molecule has 0 bridgehead atoms. The number of benzene rings is 1. The number of nitrogens with two attached hydrogens (primary N) is 1. The van der Waals surface area contributed by atoms with Crippen molar-refractivity contribution in [3.05, 3.63) is 22.7 Å². The van der Waals surface area contributed by atoms with Crippen LogP contribution in [0, 0.1) is 5.41 Å². The molecular weight excluding hydrogens is 264 g/mol. The fourth-order valence-corrected chi connectivity index (χ4v) is 2.78. The molecular formula is C13H19BrN2. The Morgan fingerprint density at radius 1 is 1.25 bits per heavy atom. The van der Waals surface area contributed by atoms with Crippen LogP contribution >= 0.6 is 15.9 Å². The molecule has 0 aliphatic carbocycles. The molecule has 1 saturated heterocycles. The van der Waals surface area contributed by atoms with E-state index >= 15 is 0 Å². The first-order chi connectivity index (χ1) is 7.48. The van der Waals surface area contributed by atoms with Crippen LogP contribution in [-0.2, 0) is 0 Å². The van der Waals surface area contributed by atoms with Gasteiger partial charge in [0.25, 0.3) is 0 Å². The van der Waals surface area contributed by atoms with Crippen LogP contribution in [0.15, 0.2) is 22.7 Å². The Hall–Kier alpha value is -0.700. The van der Waals surface area contributed by atoms with E-state index < -0.39 is 0 Å². The third kappa shape index (κ3) is 2.51. The minimum atomic E-state index is 0.497. The van der Waals surface area contributed by atoms with Gasteiger partial charge in [0.05, 0.1) is 5.69 Å². The first-order valence-electron chi connectivity index (χ1n) is 5.78. The zero-order valence-electron chi connectivity index (χ0n) is 9.96. The van der Waals surface area contributed by atoms with E-state index in [1.165, 1.54) is 18.5 Å². The molecule has 0 radical (unpaired) electrons. The van der Waals surface area contributed by atoms with Gasteiger partial charge in [-0.2, -0.15) is 0 Å². The lowest BCUT2D eigenvalue weighted by Gasteiger charge is -2.38. The highest BCUT2D eigenvalue weighted by Crippen LogP contribution is 2.35. The maximum Gasteiger partial charge on any atom is 0.0512 e. The van der Waals surface area contributed by atoms with E-state index in [2.05, 4.69) is 40.7 Å². The summed E-state index contributed by atoms with van der Waals surface area (Å²) in [4.78, 5) is 2.44. The van der Waals surface area contributed by atoms with E-state index in [1.54, 1.807) is 0 Å². The van der Waals surface area contributed by atoms with Gasteiger partial charge in [-0.15, -0.1) is 0 Å². The summed E-state index contributed by atoms with van der Waals surface area (Å²) < 4.78 is 1.10. The third-order valence-corrected chi connectivity index (χ3v) is 4.06. The van der Waals surface area contributed by atoms with Gasteiger partial charge >= 0.3 is 0 Å². The Morgan fingerprint density at radius 2 is 1.88 bits per heavy atom. The van der Waals surface area contributed by atoms with Gasteiger partial charge in [-0.25, -0.2) is 0 Å². The Morgan fingerprint density at radius 3 is 2.44 bits per heavy atom. The molecule has 2 N–H and O–H groups in total. The van der Waals surface area contributed by atoms with E-state index in [0.29, 0.717) is 5.41 Å². The van der Waals surface area contributed by atoms with Crippen LogP contribution in [0.25, 0.3) is 0 Å². The Labute approximate surface area is 106 Å². The average molecular weight is 283 g/mol. The lowest BCUT2D eigenvalue weighted by Crippen LogP contribution is -2.37. The number of hydrogen-bond acceptors (Lipinski definition) is 2. The topological polar surface area (TPSA) is 29.3 Å². The van der Waals surface area contributed by atoms with Crippen LogP contribution < -0.4 is 10.6 Å². The fourth-order valence-electron chi connectivity index (χ4n) is 2.13. The highest BCUT2D eigenvalue weighted by atomic mass is 79.9. The molecule has 1 fully saturated rings. The molecule has 0 amide bonds.